The molecule has 3 N–H and O–H groups in total. The molecule has 1 saturated heterocycles. The van der Waals surface area contributed by atoms with Crippen molar-refractivity contribution in [3.63, 3.8) is 0 Å². The molecule has 40 heavy (non-hydrogen) atoms. The van der Waals surface area contributed by atoms with Crippen LogP contribution in [0.4, 0.5) is 4.79 Å². The number of piperidine rings is 1. The molecule has 0 unspecified atom stereocenters. The molecular formula is C30H32N4O6. The molecule has 1 saturated carbocycles. The molecule has 0 bridgehead atoms. The molecule has 4 amide bonds. The molecule has 10 nitrogen and oxygen atoms in total. The molecular weight excluding hydrogens is 512 g/mol. The maximum absolute atomic E-state index is 13.7. The number of carbonyl (C=O) groups excluding carboxylic acids is 4. The van der Waals surface area contributed by atoms with Crippen LogP contribution in [-0.4, -0.2) is 58.4 Å². The summed E-state index contributed by atoms with van der Waals surface area (Å²) < 4.78 is 14.2. The Kier molecular flexibility index (Phi) is 6.37. The minimum absolute atomic E-state index is 0.0104. The van der Waals surface area contributed by atoms with E-state index in [0.717, 1.165) is 36.8 Å². The zero-order chi connectivity index (χ0) is 28.2. The zero-order valence-corrected chi connectivity index (χ0v) is 22.6. The fraction of sp³-hybridized carbons (Fsp3) is 0.400. The number of urea groups is 1. The molecule has 6 rings (SSSR count). The van der Waals surface area contributed by atoms with Gasteiger partial charge in [0.2, 0.25) is 0 Å². The highest BCUT2D eigenvalue weighted by atomic mass is 16.5. The number of amides is 4. The number of carbonyl (C=O) groups is 4. The van der Waals surface area contributed by atoms with Crippen molar-refractivity contribution >= 4 is 34.5 Å². The minimum Gasteiger partial charge on any atom is -0.493 e. The van der Waals surface area contributed by atoms with Gasteiger partial charge >= 0.3 is 6.03 Å². The summed E-state index contributed by atoms with van der Waals surface area (Å²) in [6.45, 7) is 5.56. The Balaban J connectivity index is 1.34. The Morgan fingerprint density at radius 2 is 1.82 bits per heavy atom. The maximum Gasteiger partial charge on any atom is 0.328 e. The van der Waals surface area contributed by atoms with E-state index in [1.807, 2.05) is 26.1 Å². The Labute approximate surface area is 231 Å². The topological polar surface area (TPSA) is 133 Å². The third kappa shape index (κ3) is 4.23. The molecule has 2 aliphatic heterocycles. The number of aromatic nitrogens is 1. The normalized spacial score (nSPS) is 19.6. The summed E-state index contributed by atoms with van der Waals surface area (Å²) in [5.41, 5.74) is 6.11. The largest absolute Gasteiger partial charge is 0.493 e. The lowest BCUT2D eigenvalue weighted by atomic mass is 9.75. The number of hydrogen-bond acceptors (Lipinski definition) is 7. The summed E-state index contributed by atoms with van der Waals surface area (Å²) in [7, 11) is 0. The fourth-order valence-corrected chi connectivity index (χ4v) is 5.96. The molecule has 2 fully saturated rings. The minimum atomic E-state index is -1.21. The average Bonchev–Trinajstić information content (AvgIpc) is 3.70. The van der Waals surface area contributed by atoms with Gasteiger partial charge in [-0.25, -0.2) is 4.79 Å². The fourth-order valence-electron chi connectivity index (χ4n) is 5.96. The first-order valence-corrected chi connectivity index (χ1v) is 13.8. The molecule has 3 aromatic rings. The summed E-state index contributed by atoms with van der Waals surface area (Å²) in [6, 6.07) is 8.65. The van der Waals surface area contributed by atoms with Crippen molar-refractivity contribution in [2.75, 3.05) is 19.7 Å². The highest BCUT2D eigenvalue weighted by molar-refractivity contribution is 6.21. The summed E-state index contributed by atoms with van der Waals surface area (Å²) in [5, 5.41) is 4.13. The van der Waals surface area contributed by atoms with E-state index < -0.39 is 29.4 Å². The van der Waals surface area contributed by atoms with E-state index in [1.54, 1.807) is 12.1 Å². The number of nitrogens with one attached hydrogen (secondary N) is 1. The van der Waals surface area contributed by atoms with Gasteiger partial charge in [-0.3, -0.25) is 14.4 Å². The van der Waals surface area contributed by atoms with E-state index in [9.17, 15) is 19.2 Å². The molecule has 1 spiro atoms. The summed E-state index contributed by atoms with van der Waals surface area (Å²) >= 11 is 0. The lowest BCUT2D eigenvalue weighted by molar-refractivity contribution is -0.0152. The number of primary amides is 1. The molecule has 1 atom stereocenters. The van der Waals surface area contributed by atoms with Crippen LogP contribution >= 0.6 is 0 Å². The van der Waals surface area contributed by atoms with Crippen molar-refractivity contribution < 1.29 is 28.7 Å². The third-order valence-corrected chi connectivity index (χ3v) is 8.35. The molecule has 208 valence electrons. The quantitative estimate of drug-likeness (QED) is 0.463. The number of Topliss-reactive ketones (excluding diaryl/α,β-unsaturated/α-hetero) is 1. The zero-order valence-electron chi connectivity index (χ0n) is 22.6. The first-order chi connectivity index (χ1) is 19.2. The van der Waals surface area contributed by atoms with Crippen LogP contribution in [0.15, 0.2) is 42.6 Å². The Bertz CT molecular complexity index is 1550. The summed E-state index contributed by atoms with van der Waals surface area (Å²) in [4.78, 5) is 53.6. The molecule has 10 heteroatoms. The first kappa shape index (κ1) is 26.1. The number of ketones is 1. The Hall–Kier alpha value is -4.18. The van der Waals surface area contributed by atoms with Crippen LogP contribution in [0.5, 0.6) is 11.5 Å². The predicted molar refractivity (Wildman–Crippen MR) is 147 cm³/mol. The molecule has 3 aliphatic rings. The molecule has 3 heterocycles. The van der Waals surface area contributed by atoms with E-state index in [-0.39, 0.29) is 22.5 Å². The smallest absolute Gasteiger partial charge is 0.328 e. The van der Waals surface area contributed by atoms with Gasteiger partial charge in [0.15, 0.2) is 5.78 Å². The van der Waals surface area contributed by atoms with Crippen LogP contribution in [0.3, 0.4) is 0 Å². The lowest BCUT2D eigenvalue weighted by Crippen LogP contribution is -2.55. The average molecular weight is 545 g/mol. The second kappa shape index (κ2) is 9.78. The molecule has 0 radical (unpaired) electrons. The van der Waals surface area contributed by atoms with Gasteiger partial charge in [0.1, 0.15) is 17.1 Å². The number of rotatable bonds is 5. The van der Waals surface area contributed by atoms with Crippen LogP contribution in [0.25, 0.3) is 10.9 Å². The van der Waals surface area contributed by atoms with Crippen molar-refractivity contribution in [1.82, 2.24) is 14.8 Å². The monoisotopic (exact) mass is 544 g/mol. The van der Waals surface area contributed by atoms with Gasteiger partial charge in [-0.05, 0) is 69.3 Å². The lowest BCUT2D eigenvalue weighted by Gasteiger charge is -2.45. The van der Waals surface area contributed by atoms with Gasteiger partial charge < -0.3 is 25.1 Å². The standard InChI is InChI=1S/C30H32N4O6/c1-3-39-25-16-19(15-23-21(25)8-13-33(23)20-5-6-20)28(37)34(29(31)38)27(36)18-4-7-24-22(14-18)26(35)17(2)30(40-24)9-11-32-12-10-30/h4,7-8,13-17,20,32H,3,5-6,9-12H2,1-2H3,(H2,31,38)/t17-/m0/s1. The maximum atomic E-state index is 13.7. The number of nitrogens with zero attached hydrogens (tertiary/aromatic N) is 2. The SMILES string of the molecule is CCOc1cc(C(=O)N(C(N)=O)C(=O)c2ccc3c(c2)C(=O)[C@H](C)C2(CCNCC2)O3)cc2c1ccn2C1CC1. The van der Waals surface area contributed by atoms with Gasteiger partial charge in [0.05, 0.1) is 23.6 Å². The Morgan fingerprint density at radius 1 is 1.10 bits per heavy atom. The second-order valence-electron chi connectivity index (χ2n) is 10.8. The highest BCUT2D eigenvalue weighted by Gasteiger charge is 2.48. The van der Waals surface area contributed by atoms with Crippen molar-refractivity contribution in [2.45, 2.75) is 51.2 Å². The number of fused-ring (bicyclic) bond motifs is 2. The van der Waals surface area contributed by atoms with Crippen LogP contribution in [0, 0.1) is 5.92 Å². The highest BCUT2D eigenvalue weighted by Crippen LogP contribution is 2.43. The van der Waals surface area contributed by atoms with Crippen LogP contribution in [0.1, 0.15) is 76.6 Å². The van der Waals surface area contributed by atoms with Gasteiger partial charge in [-0.15, -0.1) is 0 Å². The van der Waals surface area contributed by atoms with E-state index in [1.165, 1.54) is 18.2 Å². The van der Waals surface area contributed by atoms with Crippen LogP contribution in [0.2, 0.25) is 0 Å². The summed E-state index contributed by atoms with van der Waals surface area (Å²) in [6.07, 6.45) is 5.42. The number of nitrogens with two attached hydrogens (primary N) is 1. The molecule has 1 aromatic heterocycles. The number of benzene rings is 2. The van der Waals surface area contributed by atoms with Crippen LogP contribution < -0.4 is 20.5 Å². The van der Waals surface area contributed by atoms with E-state index in [0.29, 0.717) is 41.9 Å². The number of ether oxygens (including phenoxy) is 2. The van der Waals surface area contributed by atoms with E-state index >= 15 is 0 Å². The van der Waals surface area contributed by atoms with Crippen molar-refractivity contribution in [1.29, 1.82) is 0 Å². The first-order valence-electron chi connectivity index (χ1n) is 13.8. The molecule has 2 aromatic carbocycles. The summed E-state index contributed by atoms with van der Waals surface area (Å²) in [5.74, 6) is -1.46. The van der Waals surface area contributed by atoms with Crippen molar-refractivity contribution in [3.8, 4) is 11.5 Å². The van der Waals surface area contributed by atoms with Gasteiger partial charge in [-0.1, -0.05) is 6.92 Å². The van der Waals surface area contributed by atoms with Gasteiger partial charge in [-0.2, -0.15) is 4.90 Å². The van der Waals surface area contributed by atoms with Crippen LogP contribution in [-0.2, 0) is 0 Å². The number of hydrogen-bond donors (Lipinski definition) is 2. The van der Waals surface area contributed by atoms with Crippen molar-refractivity contribution in [2.24, 2.45) is 11.7 Å². The second-order valence-corrected chi connectivity index (χ2v) is 10.8. The molecule has 1 aliphatic carbocycles. The van der Waals surface area contributed by atoms with Crippen molar-refractivity contribution in [3.05, 3.63) is 59.3 Å². The van der Waals surface area contributed by atoms with E-state index in [4.69, 9.17) is 15.2 Å². The predicted octanol–water partition coefficient (Wildman–Crippen LogP) is 4.07. The Morgan fingerprint density at radius 3 is 2.50 bits per heavy atom. The third-order valence-electron chi connectivity index (χ3n) is 8.35. The number of imide groups is 3. The van der Waals surface area contributed by atoms with Gasteiger partial charge in [0.25, 0.3) is 11.8 Å². The van der Waals surface area contributed by atoms with Gasteiger partial charge in [0, 0.05) is 41.6 Å². The van der Waals surface area contributed by atoms with E-state index in [2.05, 4.69) is 9.88 Å².